The standard InChI is InChI=1S/C20H23NO4/c1-3-4-11-24-19(23)16-15-9-10-20(25-15)12-21(18(22)17(16)20)14-7-5-13(2)6-8-14/h5-10,15-17H,3-4,11-12H2,1-2H3/t15-,16+,17-,20-/m1/s1. The van der Waals surface area contributed by atoms with E-state index in [1.54, 1.807) is 4.90 Å². The van der Waals surface area contributed by atoms with Crippen LogP contribution in [0, 0.1) is 18.8 Å². The third kappa shape index (κ3) is 2.49. The Bertz CT molecular complexity index is 726. The van der Waals surface area contributed by atoms with Crippen molar-refractivity contribution in [3.8, 4) is 0 Å². The molecule has 0 aromatic heterocycles. The number of benzene rings is 1. The summed E-state index contributed by atoms with van der Waals surface area (Å²) in [5, 5.41) is 0. The maximum absolute atomic E-state index is 13.1. The predicted octanol–water partition coefficient (Wildman–Crippen LogP) is 2.62. The van der Waals surface area contributed by atoms with Crippen LogP contribution in [0.3, 0.4) is 0 Å². The molecule has 2 bridgehead atoms. The fourth-order valence-corrected chi connectivity index (χ4v) is 4.12. The van der Waals surface area contributed by atoms with E-state index < -0.39 is 17.4 Å². The van der Waals surface area contributed by atoms with Crippen LogP contribution in [-0.2, 0) is 19.1 Å². The van der Waals surface area contributed by atoms with E-state index in [4.69, 9.17) is 9.47 Å². The summed E-state index contributed by atoms with van der Waals surface area (Å²) in [6.45, 7) is 4.91. The Morgan fingerprint density at radius 1 is 1.36 bits per heavy atom. The van der Waals surface area contributed by atoms with Crippen LogP contribution in [0.15, 0.2) is 36.4 Å². The van der Waals surface area contributed by atoms with Crippen LogP contribution in [0.4, 0.5) is 5.69 Å². The van der Waals surface area contributed by atoms with Gasteiger partial charge in [0.2, 0.25) is 5.91 Å². The highest BCUT2D eigenvalue weighted by Crippen LogP contribution is 2.52. The SMILES string of the molecule is CCCCOC(=O)[C@H]1[C@H]2C=C[C@]3(CN(c4ccc(C)cc4)C(=O)[C@@H]13)O2. The predicted molar refractivity (Wildman–Crippen MR) is 93.1 cm³/mol. The van der Waals surface area contributed by atoms with Crippen molar-refractivity contribution in [2.24, 2.45) is 11.8 Å². The van der Waals surface area contributed by atoms with Crippen LogP contribution in [-0.4, -0.2) is 36.7 Å². The average Bonchev–Trinajstić information content (AvgIpc) is 3.24. The Kier molecular flexibility index (Phi) is 3.91. The summed E-state index contributed by atoms with van der Waals surface area (Å²) >= 11 is 0. The fraction of sp³-hybridized carbons (Fsp3) is 0.500. The van der Waals surface area contributed by atoms with Crippen LogP contribution in [0.2, 0.25) is 0 Å². The Morgan fingerprint density at radius 2 is 2.12 bits per heavy atom. The Labute approximate surface area is 147 Å². The molecule has 4 atom stereocenters. The van der Waals surface area contributed by atoms with Gasteiger partial charge in [-0.15, -0.1) is 0 Å². The van der Waals surface area contributed by atoms with Crippen molar-refractivity contribution in [2.75, 3.05) is 18.1 Å². The first-order valence-electron chi connectivity index (χ1n) is 8.97. The molecule has 4 rings (SSSR count). The number of rotatable bonds is 5. The molecule has 2 fully saturated rings. The van der Waals surface area contributed by atoms with Crippen molar-refractivity contribution in [3.05, 3.63) is 42.0 Å². The van der Waals surface area contributed by atoms with Gasteiger partial charge in [-0.2, -0.15) is 0 Å². The van der Waals surface area contributed by atoms with Gasteiger partial charge in [-0.25, -0.2) is 0 Å². The van der Waals surface area contributed by atoms with E-state index in [0.29, 0.717) is 13.2 Å². The normalized spacial score (nSPS) is 32.3. The number of nitrogens with zero attached hydrogens (tertiary/aromatic N) is 1. The van der Waals surface area contributed by atoms with Gasteiger partial charge in [-0.1, -0.05) is 43.2 Å². The molecular formula is C20H23NO4. The van der Waals surface area contributed by atoms with Gasteiger partial charge in [0, 0.05) is 5.69 Å². The maximum atomic E-state index is 13.1. The fourth-order valence-electron chi connectivity index (χ4n) is 4.12. The van der Waals surface area contributed by atoms with E-state index in [1.165, 1.54) is 0 Å². The van der Waals surface area contributed by atoms with Crippen LogP contribution >= 0.6 is 0 Å². The van der Waals surface area contributed by atoms with E-state index in [1.807, 2.05) is 50.3 Å². The molecule has 3 aliphatic heterocycles. The first-order chi connectivity index (χ1) is 12.1. The Balaban J connectivity index is 1.59. The number of hydrogen-bond acceptors (Lipinski definition) is 4. The molecule has 0 unspecified atom stereocenters. The lowest BCUT2D eigenvalue weighted by Gasteiger charge is -2.22. The van der Waals surface area contributed by atoms with Gasteiger partial charge in [0.15, 0.2) is 0 Å². The zero-order valence-electron chi connectivity index (χ0n) is 14.6. The molecule has 1 aromatic carbocycles. The number of carbonyl (C=O) groups excluding carboxylic acids is 2. The number of amides is 1. The second-order valence-electron chi connectivity index (χ2n) is 7.18. The van der Waals surface area contributed by atoms with Gasteiger partial charge in [0.1, 0.15) is 11.5 Å². The molecule has 5 nitrogen and oxygen atoms in total. The summed E-state index contributed by atoms with van der Waals surface area (Å²) in [5.74, 6) is -1.38. The molecule has 1 aromatic rings. The molecule has 25 heavy (non-hydrogen) atoms. The van der Waals surface area contributed by atoms with E-state index in [2.05, 4.69) is 0 Å². The van der Waals surface area contributed by atoms with Gasteiger partial charge in [-0.3, -0.25) is 9.59 Å². The highest BCUT2D eigenvalue weighted by Gasteiger charge is 2.67. The lowest BCUT2D eigenvalue weighted by atomic mass is 9.77. The maximum Gasteiger partial charge on any atom is 0.312 e. The third-order valence-corrected chi connectivity index (χ3v) is 5.46. The lowest BCUT2D eigenvalue weighted by molar-refractivity contribution is -0.152. The van der Waals surface area contributed by atoms with Crippen molar-refractivity contribution < 1.29 is 19.1 Å². The van der Waals surface area contributed by atoms with Crippen molar-refractivity contribution in [1.82, 2.24) is 0 Å². The summed E-state index contributed by atoms with van der Waals surface area (Å²) < 4.78 is 11.5. The molecule has 2 saturated heterocycles. The van der Waals surface area contributed by atoms with E-state index in [9.17, 15) is 9.59 Å². The quantitative estimate of drug-likeness (QED) is 0.469. The second kappa shape index (κ2) is 5.99. The highest BCUT2D eigenvalue weighted by molar-refractivity contribution is 6.02. The van der Waals surface area contributed by atoms with Crippen LogP contribution in [0.25, 0.3) is 0 Å². The molecule has 0 saturated carbocycles. The number of unbranched alkanes of at least 4 members (excludes halogenated alkanes) is 1. The van der Waals surface area contributed by atoms with E-state index in [0.717, 1.165) is 24.1 Å². The first kappa shape index (κ1) is 16.3. The summed E-state index contributed by atoms with van der Waals surface area (Å²) in [4.78, 5) is 27.4. The number of fused-ring (bicyclic) bond motifs is 1. The average molecular weight is 341 g/mol. The number of ether oxygens (including phenoxy) is 2. The van der Waals surface area contributed by atoms with E-state index >= 15 is 0 Å². The Hall–Kier alpha value is -2.14. The molecule has 3 aliphatic rings. The summed E-state index contributed by atoms with van der Waals surface area (Å²) in [6, 6.07) is 7.85. The molecule has 132 valence electrons. The minimum Gasteiger partial charge on any atom is -0.465 e. The second-order valence-corrected chi connectivity index (χ2v) is 7.18. The van der Waals surface area contributed by atoms with Gasteiger partial charge in [-0.05, 0) is 25.5 Å². The van der Waals surface area contributed by atoms with Gasteiger partial charge < -0.3 is 14.4 Å². The minimum absolute atomic E-state index is 0.0480. The topological polar surface area (TPSA) is 55.8 Å². The van der Waals surface area contributed by atoms with Gasteiger partial charge in [0.05, 0.1) is 25.2 Å². The molecule has 5 heteroatoms. The van der Waals surface area contributed by atoms with Gasteiger partial charge >= 0.3 is 5.97 Å². The van der Waals surface area contributed by atoms with Crippen molar-refractivity contribution in [3.63, 3.8) is 0 Å². The van der Waals surface area contributed by atoms with Crippen LogP contribution in [0.1, 0.15) is 25.3 Å². The van der Waals surface area contributed by atoms with Crippen LogP contribution in [0.5, 0.6) is 0 Å². The van der Waals surface area contributed by atoms with Crippen LogP contribution < -0.4 is 4.90 Å². The summed E-state index contributed by atoms with van der Waals surface area (Å²) in [6.07, 6.45) is 5.33. The van der Waals surface area contributed by atoms with Gasteiger partial charge in [0.25, 0.3) is 0 Å². The number of esters is 1. The van der Waals surface area contributed by atoms with Crippen molar-refractivity contribution in [1.29, 1.82) is 0 Å². The first-order valence-corrected chi connectivity index (χ1v) is 8.97. The Morgan fingerprint density at radius 3 is 2.84 bits per heavy atom. The zero-order chi connectivity index (χ0) is 17.6. The molecule has 0 radical (unpaired) electrons. The lowest BCUT2D eigenvalue weighted by Crippen LogP contribution is -2.40. The number of aryl methyl sites for hydroxylation is 1. The van der Waals surface area contributed by atoms with Crippen molar-refractivity contribution in [2.45, 2.75) is 38.4 Å². The molecule has 1 amide bonds. The molecular weight excluding hydrogens is 318 g/mol. The highest BCUT2D eigenvalue weighted by atomic mass is 16.6. The number of anilines is 1. The minimum atomic E-state index is -0.693. The molecule has 3 heterocycles. The molecule has 0 aliphatic carbocycles. The smallest absolute Gasteiger partial charge is 0.312 e. The summed E-state index contributed by atoms with van der Waals surface area (Å²) in [5.41, 5.74) is 1.29. The molecule has 1 spiro atoms. The number of hydrogen-bond donors (Lipinski definition) is 0. The zero-order valence-corrected chi connectivity index (χ0v) is 14.6. The van der Waals surface area contributed by atoms with Crippen molar-refractivity contribution >= 4 is 17.6 Å². The third-order valence-electron chi connectivity index (χ3n) is 5.46. The molecule has 0 N–H and O–H groups in total. The monoisotopic (exact) mass is 341 g/mol. The van der Waals surface area contributed by atoms with E-state index in [-0.39, 0.29) is 18.0 Å². The number of carbonyl (C=O) groups is 2. The summed E-state index contributed by atoms with van der Waals surface area (Å²) in [7, 11) is 0. The largest absolute Gasteiger partial charge is 0.465 e.